The summed E-state index contributed by atoms with van der Waals surface area (Å²) in [5, 5.41) is 5.33. The summed E-state index contributed by atoms with van der Waals surface area (Å²) in [6, 6.07) is 7.79. The lowest BCUT2D eigenvalue weighted by atomic mass is 9.97. The van der Waals surface area contributed by atoms with Crippen molar-refractivity contribution >= 4 is 23.5 Å². The highest BCUT2D eigenvalue weighted by molar-refractivity contribution is 5.98. The van der Waals surface area contributed by atoms with Gasteiger partial charge in [-0.25, -0.2) is 4.79 Å². The highest BCUT2D eigenvalue weighted by Crippen LogP contribution is 2.30. The molecule has 2 unspecified atom stereocenters. The third-order valence-corrected chi connectivity index (χ3v) is 6.70. The molecule has 212 valence electrons. The summed E-state index contributed by atoms with van der Waals surface area (Å²) in [6.07, 6.45) is -3.88. The first kappa shape index (κ1) is 29.6. The van der Waals surface area contributed by atoms with Gasteiger partial charge in [0.2, 0.25) is 5.91 Å². The molecule has 1 heterocycles. The standard InChI is InChI=1S/C27H33F3N4O5/c1-5-17(2)23(32-24(35)18-13-21(38-3)16-22(14-18)39-4)25(36)33-9-11-34(12-10-33)26(37)31-20-8-6-7-19(15-20)27(28,29)30/h6-8,13-17,23H,5,9-12H2,1-4H3,(H,31,37)(H,32,35). The van der Waals surface area contributed by atoms with E-state index in [0.717, 1.165) is 12.1 Å². The topological polar surface area (TPSA) is 100 Å². The van der Waals surface area contributed by atoms with Crippen LogP contribution >= 0.6 is 0 Å². The third-order valence-electron chi connectivity index (χ3n) is 6.70. The number of nitrogens with one attached hydrogen (secondary N) is 2. The lowest BCUT2D eigenvalue weighted by Gasteiger charge is -2.37. The Morgan fingerprint density at radius 1 is 0.949 bits per heavy atom. The number of benzene rings is 2. The number of amides is 4. The fraction of sp³-hybridized carbons (Fsp3) is 0.444. The molecule has 0 spiro atoms. The number of rotatable bonds is 8. The van der Waals surface area contributed by atoms with Crippen molar-refractivity contribution in [3.8, 4) is 11.5 Å². The monoisotopic (exact) mass is 550 g/mol. The zero-order chi connectivity index (χ0) is 28.7. The van der Waals surface area contributed by atoms with E-state index >= 15 is 0 Å². The smallest absolute Gasteiger partial charge is 0.416 e. The van der Waals surface area contributed by atoms with Crippen LogP contribution in [0, 0.1) is 5.92 Å². The fourth-order valence-electron chi connectivity index (χ4n) is 4.15. The van der Waals surface area contributed by atoms with Gasteiger partial charge in [0, 0.05) is 43.5 Å². The van der Waals surface area contributed by atoms with E-state index in [9.17, 15) is 27.6 Å². The molecule has 3 rings (SSSR count). The van der Waals surface area contributed by atoms with E-state index in [-0.39, 0.29) is 49.3 Å². The van der Waals surface area contributed by atoms with Gasteiger partial charge in [-0.2, -0.15) is 13.2 Å². The van der Waals surface area contributed by atoms with Gasteiger partial charge in [0.15, 0.2) is 0 Å². The van der Waals surface area contributed by atoms with Crippen molar-refractivity contribution in [2.24, 2.45) is 5.92 Å². The summed E-state index contributed by atoms with van der Waals surface area (Å²) < 4.78 is 49.4. The molecular formula is C27H33F3N4O5. The van der Waals surface area contributed by atoms with Gasteiger partial charge in [-0.1, -0.05) is 26.3 Å². The average Bonchev–Trinajstić information content (AvgIpc) is 2.94. The molecule has 9 nitrogen and oxygen atoms in total. The quantitative estimate of drug-likeness (QED) is 0.512. The Morgan fingerprint density at radius 2 is 1.54 bits per heavy atom. The molecule has 4 amide bonds. The summed E-state index contributed by atoms with van der Waals surface area (Å²) in [5.41, 5.74) is -0.549. The first-order valence-electron chi connectivity index (χ1n) is 12.5. The van der Waals surface area contributed by atoms with Crippen molar-refractivity contribution < 1.29 is 37.0 Å². The molecule has 0 aromatic heterocycles. The molecular weight excluding hydrogens is 517 g/mol. The van der Waals surface area contributed by atoms with E-state index in [1.165, 1.54) is 31.3 Å². The van der Waals surface area contributed by atoms with Crippen LogP contribution < -0.4 is 20.1 Å². The number of urea groups is 1. The van der Waals surface area contributed by atoms with E-state index in [1.54, 1.807) is 23.1 Å². The SMILES string of the molecule is CCC(C)C(NC(=O)c1cc(OC)cc(OC)c1)C(=O)N1CCN(C(=O)Nc2cccc(C(F)(F)F)c2)CC1. The molecule has 2 atom stereocenters. The van der Waals surface area contributed by atoms with Gasteiger partial charge in [-0.05, 0) is 36.2 Å². The first-order chi connectivity index (χ1) is 18.5. The van der Waals surface area contributed by atoms with Crippen LogP contribution in [-0.4, -0.2) is 74.1 Å². The molecule has 1 aliphatic heterocycles. The average molecular weight is 551 g/mol. The number of halogens is 3. The summed E-state index contributed by atoms with van der Waals surface area (Å²) >= 11 is 0. The van der Waals surface area contributed by atoms with E-state index in [1.807, 2.05) is 13.8 Å². The minimum Gasteiger partial charge on any atom is -0.497 e. The van der Waals surface area contributed by atoms with Crippen LogP contribution in [0.1, 0.15) is 36.2 Å². The molecule has 1 saturated heterocycles. The zero-order valence-electron chi connectivity index (χ0n) is 22.3. The van der Waals surface area contributed by atoms with E-state index in [4.69, 9.17) is 9.47 Å². The molecule has 2 aromatic carbocycles. The van der Waals surface area contributed by atoms with E-state index in [0.29, 0.717) is 17.9 Å². The van der Waals surface area contributed by atoms with Crippen molar-refractivity contribution in [3.63, 3.8) is 0 Å². The van der Waals surface area contributed by atoms with Crippen molar-refractivity contribution in [2.75, 3.05) is 45.7 Å². The largest absolute Gasteiger partial charge is 0.497 e. The highest BCUT2D eigenvalue weighted by Gasteiger charge is 2.34. The maximum atomic E-state index is 13.4. The molecule has 1 aliphatic rings. The number of ether oxygens (including phenoxy) is 2. The second kappa shape index (κ2) is 12.7. The second-order valence-corrected chi connectivity index (χ2v) is 9.26. The van der Waals surface area contributed by atoms with Gasteiger partial charge in [-0.15, -0.1) is 0 Å². The number of carbonyl (C=O) groups excluding carboxylic acids is 3. The zero-order valence-corrected chi connectivity index (χ0v) is 22.3. The number of carbonyl (C=O) groups is 3. The summed E-state index contributed by atoms with van der Waals surface area (Å²) in [6.45, 7) is 4.58. The molecule has 39 heavy (non-hydrogen) atoms. The van der Waals surface area contributed by atoms with E-state index < -0.39 is 29.7 Å². The Labute approximate surface area is 225 Å². The Morgan fingerprint density at radius 3 is 2.08 bits per heavy atom. The van der Waals surface area contributed by atoms with Crippen molar-refractivity contribution in [1.29, 1.82) is 0 Å². The first-order valence-corrected chi connectivity index (χ1v) is 12.5. The number of nitrogens with zero attached hydrogens (tertiary/aromatic N) is 2. The second-order valence-electron chi connectivity index (χ2n) is 9.26. The number of piperazine rings is 1. The molecule has 2 N–H and O–H groups in total. The van der Waals surface area contributed by atoms with Gasteiger partial charge in [-0.3, -0.25) is 9.59 Å². The molecule has 12 heteroatoms. The van der Waals surface area contributed by atoms with Crippen molar-refractivity contribution in [2.45, 2.75) is 32.5 Å². The number of hydrogen-bond donors (Lipinski definition) is 2. The maximum Gasteiger partial charge on any atom is 0.416 e. The number of methoxy groups -OCH3 is 2. The van der Waals surface area contributed by atoms with Gasteiger partial charge in [0.25, 0.3) is 5.91 Å². The maximum absolute atomic E-state index is 13.4. The van der Waals surface area contributed by atoms with E-state index in [2.05, 4.69) is 10.6 Å². The molecule has 2 aromatic rings. The summed E-state index contributed by atoms with van der Waals surface area (Å²) in [4.78, 5) is 42.2. The van der Waals surface area contributed by atoms with Crippen molar-refractivity contribution in [3.05, 3.63) is 53.6 Å². The minimum atomic E-state index is -4.52. The lowest BCUT2D eigenvalue weighted by Crippen LogP contribution is -2.57. The Kier molecular flexibility index (Phi) is 9.66. The number of hydrogen-bond acceptors (Lipinski definition) is 5. The summed E-state index contributed by atoms with van der Waals surface area (Å²) in [5.74, 6) is -0.0254. The van der Waals surface area contributed by atoms with Crippen LogP contribution in [0.2, 0.25) is 0 Å². The Hall–Kier alpha value is -3.96. The van der Waals surface area contributed by atoms with Gasteiger partial charge < -0.3 is 29.9 Å². The normalized spacial score (nSPS) is 15.3. The van der Waals surface area contributed by atoms with Gasteiger partial charge in [0.1, 0.15) is 17.5 Å². The fourth-order valence-corrected chi connectivity index (χ4v) is 4.15. The molecule has 0 saturated carbocycles. The lowest BCUT2D eigenvalue weighted by molar-refractivity contribution is -0.137. The minimum absolute atomic E-state index is 0.0297. The van der Waals surface area contributed by atoms with Crippen molar-refractivity contribution in [1.82, 2.24) is 15.1 Å². The molecule has 0 aliphatic carbocycles. The van der Waals surface area contributed by atoms with Crippen LogP contribution in [0.15, 0.2) is 42.5 Å². The van der Waals surface area contributed by atoms with Crippen LogP contribution in [0.5, 0.6) is 11.5 Å². The van der Waals surface area contributed by atoms with Gasteiger partial charge in [0.05, 0.1) is 19.8 Å². The van der Waals surface area contributed by atoms with Crippen LogP contribution in [-0.2, 0) is 11.0 Å². The summed E-state index contributed by atoms with van der Waals surface area (Å²) in [7, 11) is 2.95. The molecule has 0 bridgehead atoms. The van der Waals surface area contributed by atoms with Crippen LogP contribution in [0.25, 0.3) is 0 Å². The highest BCUT2D eigenvalue weighted by atomic mass is 19.4. The Balaban J connectivity index is 1.64. The van der Waals surface area contributed by atoms with Crippen LogP contribution in [0.3, 0.4) is 0 Å². The van der Waals surface area contributed by atoms with Gasteiger partial charge >= 0.3 is 12.2 Å². The third kappa shape index (κ3) is 7.55. The Bertz CT molecular complexity index is 1160. The van der Waals surface area contributed by atoms with Crippen LogP contribution in [0.4, 0.5) is 23.7 Å². The predicted octanol–water partition coefficient (Wildman–Crippen LogP) is 4.24. The number of anilines is 1. The molecule has 0 radical (unpaired) electrons. The molecule has 1 fully saturated rings. The predicted molar refractivity (Wildman–Crippen MR) is 139 cm³/mol. The number of alkyl halides is 3.